The molecule has 1 saturated heterocycles. The van der Waals surface area contributed by atoms with E-state index in [2.05, 4.69) is 15.0 Å². The summed E-state index contributed by atoms with van der Waals surface area (Å²) < 4.78 is 53.3. The molecule has 2 aromatic rings. The fourth-order valence-corrected chi connectivity index (χ4v) is 3.85. The summed E-state index contributed by atoms with van der Waals surface area (Å²) in [6, 6.07) is 5.06. The summed E-state index contributed by atoms with van der Waals surface area (Å²) in [5.74, 6) is -0.363. The minimum Gasteiger partial charge on any atom is -0.490 e. The molecule has 1 aromatic carbocycles. The van der Waals surface area contributed by atoms with Crippen LogP contribution in [0.2, 0.25) is 0 Å². The number of aromatic nitrogens is 2. The molecule has 4 rings (SSSR count). The molecule has 11 nitrogen and oxygen atoms in total. The Bertz CT molecular complexity index is 1020. The number of ether oxygens (including phenoxy) is 3. The number of hydrogen-bond acceptors (Lipinski definition) is 8. The molecule has 3 heterocycles. The zero-order valence-electron chi connectivity index (χ0n) is 17.9. The molecule has 1 aromatic heterocycles. The number of amides is 1. The zero-order chi connectivity index (χ0) is 24.3. The SMILES string of the molecule is O=C(CN1CCC(Oc2ccc(OC(F)(F)F)cc2)CC1)N[C@@H]1COc2nc([N+](=O)[O-])cn2C1. The van der Waals surface area contributed by atoms with Gasteiger partial charge < -0.3 is 29.6 Å². The fraction of sp³-hybridized carbons (Fsp3) is 0.500. The Balaban J connectivity index is 1.18. The lowest BCUT2D eigenvalue weighted by Crippen LogP contribution is -2.49. The van der Waals surface area contributed by atoms with Crippen LogP contribution in [0.4, 0.5) is 19.0 Å². The summed E-state index contributed by atoms with van der Waals surface area (Å²) in [7, 11) is 0. The van der Waals surface area contributed by atoms with Gasteiger partial charge in [0.1, 0.15) is 30.4 Å². The molecule has 0 aliphatic carbocycles. The third-order valence-corrected chi connectivity index (χ3v) is 5.37. The Morgan fingerprint density at radius 3 is 2.56 bits per heavy atom. The van der Waals surface area contributed by atoms with Gasteiger partial charge in [0, 0.05) is 18.1 Å². The highest BCUT2D eigenvalue weighted by molar-refractivity contribution is 5.78. The topological polar surface area (TPSA) is 121 Å². The number of halogens is 3. The highest BCUT2D eigenvalue weighted by Crippen LogP contribution is 2.26. The molecule has 0 unspecified atom stereocenters. The first-order valence-corrected chi connectivity index (χ1v) is 10.5. The fourth-order valence-electron chi connectivity index (χ4n) is 3.85. The first-order chi connectivity index (χ1) is 16.1. The van der Waals surface area contributed by atoms with Crippen molar-refractivity contribution in [1.29, 1.82) is 0 Å². The van der Waals surface area contributed by atoms with Gasteiger partial charge in [-0.2, -0.15) is 0 Å². The van der Waals surface area contributed by atoms with E-state index in [4.69, 9.17) is 9.47 Å². The molecule has 2 aliphatic rings. The Kier molecular flexibility index (Phi) is 6.77. The number of nitro groups is 1. The number of piperidine rings is 1. The second-order valence-electron chi connectivity index (χ2n) is 7.98. The minimum absolute atomic E-state index is 0.115. The first-order valence-electron chi connectivity index (χ1n) is 10.5. The van der Waals surface area contributed by atoms with E-state index in [1.807, 2.05) is 4.90 Å². The Morgan fingerprint density at radius 2 is 1.91 bits per heavy atom. The summed E-state index contributed by atoms with van der Waals surface area (Å²) in [4.78, 5) is 28.4. The Morgan fingerprint density at radius 1 is 1.24 bits per heavy atom. The van der Waals surface area contributed by atoms with Crippen LogP contribution in [0.3, 0.4) is 0 Å². The van der Waals surface area contributed by atoms with Gasteiger partial charge in [0.25, 0.3) is 0 Å². The molecule has 34 heavy (non-hydrogen) atoms. The maximum atomic E-state index is 12.4. The second kappa shape index (κ2) is 9.75. The molecule has 14 heteroatoms. The van der Waals surface area contributed by atoms with Crippen molar-refractivity contribution < 1.29 is 37.1 Å². The largest absolute Gasteiger partial charge is 0.573 e. The van der Waals surface area contributed by atoms with Gasteiger partial charge in [-0.3, -0.25) is 14.3 Å². The number of carbonyl (C=O) groups is 1. The van der Waals surface area contributed by atoms with Crippen LogP contribution in [-0.4, -0.2) is 70.0 Å². The third kappa shape index (κ3) is 6.27. The molecule has 1 atom stereocenters. The molecule has 1 amide bonds. The molecule has 184 valence electrons. The number of alkyl halides is 3. The van der Waals surface area contributed by atoms with E-state index < -0.39 is 11.3 Å². The second-order valence-corrected chi connectivity index (χ2v) is 7.98. The first kappa shape index (κ1) is 23.6. The number of benzene rings is 1. The van der Waals surface area contributed by atoms with Crippen LogP contribution in [0.15, 0.2) is 30.5 Å². The summed E-state index contributed by atoms with van der Waals surface area (Å²) in [5, 5.41) is 13.7. The van der Waals surface area contributed by atoms with Gasteiger partial charge in [-0.05, 0) is 42.0 Å². The van der Waals surface area contributed by atoms with Crippen LogP contribution in [0, 0.1) is 10.1 Å². The highest BCUT2D eigenvalue weighted by Gasteiger charge is 2.31. The maximum absolute atomic E-state index is 12.4. The predicted octanol–water partition coefficient (Wildman–Crippen LogP) is 2.11. The van der Waals surface area contributed by atoms with Gasteiger partial charge in [-0.25, -0.2) is 0 Å². The van der Waals surface area contributed by atoms with Crippen molar-refractivity contribution in [2.75, 3.05) is 26.2 Å². The lowest BCUT2D eigenvalue weighted by molar-refractivity contribution is -0.389. The van der Waals surface area contributed by atoms with E-state index in [1.165, 1.54) is 35.0 Å². The van der Waals surface area contributed by atoms with E-state index in [9.17, 15) is 28.1 Å². The maximum Gasteiger partial charge on any atom is 0.573 e. The summed E-state index contributed by atoms with van der Waals surface area (Å²) >= 11 is 0. The normalized spacial score (nSPS) is 19.1. The van der Waals surface area contributed by atoms with Gasteiger partial charge in [0.15, 0.2) is 0 Å². The molecule has 0 saturated carbocycles. The van der Waals surface area contributed by atoms with E-state index in [0.29, 0.717) is 38.2 Å². The summed E-state index contributed by atoms with van der Waals surface area (Å²) in [5.41, 5.74) is 0. The van der Waals surface area contributed by atoms with Crippen molar-refractivity contribution in [3.05, 3.63) is 40.6 Å². The number of hydrogen-bond donors (Lipinski definition) is 1. The summed E-state index contributed by atoms with van der Waals surface area (Å²) in [6.07, 6.45) is -2.27. The smallest absolute Gasteiger partial charge is 0.490 e. The average Bonchev–Trinajstić information content (AvgIpc) is 3.19. The van der Waals surface area contributed by atoms with Crippen LogP contribution in [-0.2, 0) is 11.3 Å². The number of nitrogens with one attached hydrogen (secondary N) is 1. The molecule has 1 N–H and O–H groups in total. The van der Waals surface area contributed by atoms with Crippen molar-refractivity contribution in [2.24, 2.45) is 0 Å². The van der Waals surface area contributed by atoms with E-state index >= 15 is 0 Å². The number of carbonyl (C=O) groups excluding carboxylic acids is 1. The van der Waals surface area contributed by atoms with Gasteiger partial charge in [0.05, 0.1) is 19.1 Å². The van der Waals surface area contributed by atoms with Crippen LogP contribution in [0.25, 0.3) is 0 Å². The van der Waals surface area contributed by atoms with Gasteiger partial charge in [0.2, 0.25) is 5.91 Å². The average molecular weight is 485 g/mol. The molecule has 0 bridgehead atoms. The Labute approximate surface area is 191 Å². The number of fused-ring (bicyclic) bond motifs is 1. The van der Waals surface area contributed by atoms with E-state index in [-0.39, 0.29) is 48.8 Å². The predicted molar refractivity (Wildman–Crippen MR) is 110 cm³/mol. The van der Waals surface area contributed by atoms with Gasteiger partial charge in [-0.1, -0.05) is 0 Å². The van der Waals surface area contributed by atoms with Crippen molar-refractivity contribution in [3.63, 3.8) is 0 Å². The number of nitrogens with zero attached hydrogens (tertiary/aromatic N) is 4. The Hall–Kier alpha value is -3.55. The van der Waals surface area contributed by atoms with Crippen LogP contribution >= 0.6 is 0 Å². The van der Waals surface area contributed by atoms with Crippen LogP contribution in [0.1, 0.15) is 12.8 Å². The van der Waals surface area contributed by atoms with Crippen molar-refractivity contribution in [3.8, 4) is 17.5 Å². The van der Waals surface area contributed by atoms with E-state index in [0.717, 1.165) is 0 Å². The highest BCUT2D eigenvalue weighted by atomic mass is 19.4. The minimum atomic E-state index is -4.74. The van der Waals surface area contributed by atoms with Crippen molar-refractivity contribution in [1.82, 2.24) is 19.8 Å². The number of likely N-dealkylation sites (tertiary alicyclic amines) is 1. The standard InChI is InChI=1S/C20H22F3N5O6/c21-20(22,23)34-16-3-1-14(2-4-16)33-15-5-7-26(8-6-15)11-18(29)24-13-9-27-10-17(28(30)31)25-19(27)32-12-13/h1-4,10,13,15H,5-9,11-12H2,(H,24,29)/t13-/m0/s1. The molecular weight excluding hydrogens is 463 g/mol. The lowest BCUT2D eigenvalue weighted by atomic mass is 10.1. The molecule has 2 aliphatic heterocycles. The molecular formula is C20H22F3N5O6. The number of rotatable bonds is 7. The van der Waals surface area contributed by atoms with Crippen LogP contribution in [0.5, 0.6) is 17.5 Å². The van der Waals surface area contributed by atoms with Crippen molar-refractivity contribution in [2.45, 2.75) is 37.9 Å². The monoisotopic (exact) mass is 485 g/mol. The molecule has 1 fully saturated rings. The van der Waals surface area contributed by atoms with Crippen molar-refractivity contribution >= 4 is 11.7 Å². The van der Waals surface area contributed by atoms with Gasteiger partial charge >= 0.3 is 18.2 Å². The summed E-state index contributed by atoms with van der Waals surface area (Å²) in [6.45, 7) is 1.91. The van der Waals surface area contributed by atoms with E-state index in [1.54, 1.807) is 0 Å². The third-order valence-electron chi connectivity index (χ3n) is 5.37. The van der Waals surface area contributed by atoms with Crippen LogP contribution < -0.4 is 19.5 Å². The quantitative estimate of drug-likeness (QED) is 0.468. The molecule has 0 spiro atoms. The lowest BCUT2D eigenvalue weighted by Gasteiger charge is -2.32. The van der Waals surface area contributed by atoms with Gasteiger partial charge in [-0.15, -0.1) is 13.2 Å². The zero-order valence-corrected chi connectivity index (χ0v) is 17.9. The number of imidazole rings is 1. The molecule has 0 radical (unpaired) electrons.